The fraction of sp³-hybridized carbons (Fsp3) is 0.444. The molecule has 0 bridgehead atoms. The molecule has 0 aliphatic heterocycles. The van der Waals surface area contributed by atoms with E-state index < -0.39 is 5.97 Å². The largest absolute Gasteiger partial charge is 0.478 e. The Hall–Kier alpha value is -2.17. The fourth-order valence-corrected chi connectivity index (χ4v) is 3.86. The molecule has 0 spiro atoms. The van der Waals surface area contributed by atoms with Crippen LogP contribution in [0.5, 0.6) is 0 Å². The highest BCUT2D eigenvalue weighted by Crippen LogP contribution is 2.37. The minimum Gasteiger partial charge on any atom is -0.478 e. The molecule has 0 radical (unpaired) electrons. The lowest BCUT2D eigenvalue weighted by atomic mass is 9.83. The maximum atomic E-state index is 13.7. The lowest BCUT2D eigenvalue weighted by Crippen LogP contribution is -2.23. The maximum absolute atomic E-state index is 13.7. The van der Waals surface area contributed by atoms with Crippen LogP contribution >= 0.6 is 0 Å². The van der Waals surface area contributed by atoms with Crippen LogP contribution in [-0.4, -0.2) is 21.4 Å². The van der Waals surface area contributed by atoms with Gasteiger partial charge in [-0.05, 0) is 50.8 Å². The van der Waals surface area contributed by atoms with Crippen molar-refractivity contribution in [1.82, 2.24) is 4.57 Å². The van der Waals surface area contributed by atoms with Gasteiger partial charge >= 0.3 is 5.97 Å². The molecule has 0 amide bonds. The molecule has 1 aliphatic carbocycles. The second-order valence-corrected chi connectivity index (χ2v) is 6.41. The first-order chi connectivity index (χ1) is 10.9. The van der Waals surface area contributed by atoms with Gasteiger partial charge < -0.3 is 9.67 Å². The Labute approximate surface area is 133 Å². The Morgan fingerprint density at radius 3 is 2.61 bits per heavy atom. The van der Waals surface area contributed by atoms with E-state index in [1.807, 2.05) is 11.5 Å². The normalized spacial score (nSPS) is 17.6. The van der Waals surface area contributed by atoms with Gasteiger partial charge in [-0.25, -0.2) is 9.18 Å². The maximum Gasteiger partial charge on any atom is 0.338 e. The second-order valence-electron chi connectivity index (χ2n) is 6.41. The summed E-state index contributed by atoms with van der Waals surface area (Å²) in [5.41, 5.74) is 1.49. The summed E-state index contributed by atoms with van der Waals surface area (Å²) in [4.78, 5) is 23.1. The molecule has 4 nitrogen and oxygen atoms in total. The summed E-state index contributed by atoms with van der Waals surface area (Å²) in [5, 5.41) is 10.1. The number of benzene rings is 1. The van der Waals surface area contributed by atoms with Crippen LogP contribution in [0, 0.1) is 18.7 Å². The van der Waals surface area contributed by atoms with E-state index in [4.69, 9.17) is 0 Å². The van der Waals surface area contributed by atoms with Crippen molar-refractivity contribution in [3.05, 3.63) is 35.3 Å². The Morgan fingerprint density at radius 2 is 2.00 bits per heavy atom. The van der Waals surface area contributed by atoms with Crippen LogP contribution in [0.25, 0.3) is 10.9 Å². The van der Waals surface area contributed by atoms with E-state index >= 15 is 0 Å². The minimum atomic E-state index is -0.996. The van der Waals surface area contributed by atoms with Crippen LogP contribution < -0.4 is 0 Å². The van der Waals surface area contributed by atoms with Crippen LogP contribution in [0.15, 0.2) is 18.2 Å². The number of hydrogen-bond donors (Lipinski definition) is 1. The standard InChI is InChI=1S/C18H20FNO3/c1-10(12-3-6-14(21)7-4-12)20-11(2)17(18(22)23)15-8-5-13(19)9-16(15)20/h5,8-10,12H,3-4,6-7H2,1-2H3,(H,22,23)/t10-/m1/s1. The van der Waals surface area contributed by atoms with Gasteiger partial charge in [0.1, 0.15) is 11.6 Å². The molecule has 3 rings (SSSR count). The minimum absolute atomic E-state index is 0.0282. The Balaban J connectivity index is 2.12. The summed E-state index contributed by atoms with van der Waals surface area (Å²) in [6, 6.07) is 4.26. The number of aromatic nitrogens is 1. The number of carboxylic acids is 1. The molecule has 1 aromatic heterocycles. The molecule has 0 saturated heterocycles. The first-order valence-corrected chi connectivity index (χ1v) is 7.95. The third kappa shape index (κ3) is 2.64. The molecule has 0 unspecified atom stereocenters. The predicted octanol–water partition coefficient (Wildman–Crippen LogP) is 4.11. The molecule has 1 atom stereocenters. The Morgan fingerprint density at radius 1 is 1.35 bits per heavy atom. The van der Waals surface area contributed by atoms with E-state index in [0.29, 0.717) is 41.1 Å². The number of halogens is 1. The van der Waals surface area contributed by atoms with Crippen LogP contribution in [0.1, 0.15) is 54.7 Å². The third-order valence-electron chi connectivity index (χ3n) is 5.10. The monoisotopic (exact) mass is 317 g/mol. The van der Waals surface area contributed by atoms with Crippen molar-refractivity contribution in [3.8, 4) is 0 Å². The number of carbonyl (C=O) groups is 2. The molecule has 1 N–H and O–H groups in total. The van der Waals surface area contributed by atoms with Crippen molar-refractivity contribution in [1.29, 1.82) is 0 Å². The molecule has 1 fully saturated rings. The predicted molar refractivity (Wildman–Crippen MR) is 85.3 cm³/mol. The van der Waals surface area contributed by atoms with E-state index in [9.17, 15) is 19.1 Å². The fourth-order valence-electron chi connectivity index (χ4n) is 3.86. The molecule has 2 aromatic rings. The number of carboxylic acid groups (broad SMARTS) is 1. The first kappa shape index (κ1) is 15.7. The lowest BCUT2D eigenvalue weighted by molar-refractivity contribution is -0.121. The van der Waals surface area contributed by atoms with Gasteiger partial charge in [-0.1, -0.05) is 0 Å². The number of Topliss-reactive ketones (excluding diaryl/α,β-unsaturated/α-hetero) is 1. The summed E-state index contributed by atoms with van der Waals surface area (Å²) in [6.07, 6.45) is 2.76. The van der Waals surface area contributed by atoms with Crippen molar-refractivity contribution in [2.24, 2.45) is 5.92 Å². The summed E-state index contributed by atoms with van der Waals surface area (Å²) in [7, 11) is 0. The van der Waals surface area contributed by atoms with Gasteiger partial charge in [0.05, 0.1) is 11.1 Å². The number of nitrogens with zero attached hydrogens (tertiary/aromatic N) is 1. The van der Waals surface area contributed by atoms with Gasteiger partial charge in [0, 0.05) is 30.0 Å². The topological polar surface area (TPSA) is 59.3 Å². The molecule has 122 valence electrons. The molecule has 5 heteroatoms. The number of carbonyl (C=O) groups excluding carboxylic acids is 1. The van der Waals surface area contributed by atoms with E-state index in [2.05, 4.69) is 0 Å². The molecule has 1 aromatic carbocycles. The quantitative estimate of drug-likeness (QED) is 0.927. The first-order valence-electron chi connectivity index (χ1n) is 7.95. The number of fused-ring (bicyclic) bond motifs is 1. The van der Waals surface area contributed by atoms with Crippen LogP contribution in [0.3, 0.4) is 0 Å². The molecule has 1 aliphatic rings. The smallest absolute Gasteiger partial charge is 0.338 e. The van der Waals surface area contributed by atoms with Crippen molar-refractivity contribution < 1.29 is 19.1 Å². The Kier molecular flexibility index (Phi) is 3.96. The third-order valence-corrected chi connectivity index (χ3v) is 5.10. The highest BCUT2D eigenvalue weighted by molar-refractivity contribution is 6.05. The molecular formula is C18H20FNO3. The zero-order chi connectivity index (χ0) is 16.7. The highest BCUT2D eigenvalue weighted by atomic mass is 19.1. The zero-order valence-electron chi connectivity index (χ0n) is 13.3. The van der Waals surface area contributed by atoms with E-state index in [1.165, 1.54) is 18.2 Å². The SMILES string of the molecule is Cc1c(C(=O)O)c2ccc(F)cc2n1[C@H](C)C1CCC(=O)CC1. The van der Waals surface area contributed by atoms with E-state index in [0.717, 1.165) is 12.8 Å². The summed E-state index contributed by atoms with van der Waals surface area (Å²) in [6.45, 7) is 3.80. The summed E-state index contributed by atoms with van der Waals surface area (Å²) >= 11 is 0. The number of hydrogen-bond acceptors (Lipinski definition) is 2. The molecule has 1 saturated carbocycles. The molecule has 23 heavy (non-hydrogen) atoms. The molecule has 1 heterocycles. The number of aromatic carboxylic acids is 1. The van der Waals surface area contributed by atoms with Gasteiger partial charge in [-0.2, -0.15) is 0 Å². The van der Waals surface area contributed by atoms with Gasteiger partial charge in [0.15, 0.2) is 0 Å². The van der Waals surface area contributed by atoms with Crippen LogP contribution in [0.2, 0.25) is 0 Å². The number of ketones is 1. The van der Waals surface area contributed by atoms with Gasteiger partial charge in [0.2, 0.25) is 0 Å². The Bertz CT molecular complexity index is 783. The second kappa shape index (κ2) is 5.80. The van der Waals surface area contributed by atoms with E-state index in [-0.39, 0.29) is 17.4 Å². The summed E-state index contributed by atoms with van der Waals surface area (Å²) < 4.78 is 15.6. The van der Waals surface area contributed by atoms with Crippen molar-refractivity contribution >= 4 is 22.7 Å². The number of rotatable bonds is 3. The van der Waals surface area contributed by atoms with Gasteiger partial charge in [-0.3, -0.25) is 4.79 Å². The highest BCUT2D eigenvalue weighted by Gasteiger charge is 2.29. The van der Waals surface area contributed by atoms with Crippen LogP contribution in [0.4, 0.5) is 4.39 Å². The summed E-state index contributed by atoms with van der Waals surface area (Å²) in [5.74, 6) is -0.783. The van der Waals surface area contributed by atoms with Crippen molar-refractivity contribution in [3.63, 3.8) is 0 Å². The van der Waals surface area contributed by atoms with E-state index in [1.54, 1.807) is 6.92 Å². The average Bonchev–Trinajstić information content (AvgIpc) is 2.78. The average molecular weight is 317 g/mol. The van der Waals surface area contributed by atoms with Crippen molar-refractivity contribution in [2.45, 2.75) is 45.6 Å². The van der Waals surface area contributed by atoms with Gasteiger partial charge in [0.25, 0.3) is 0 Å². The van der Waals surface area contributed by atoms with Gasteiger partial charge in [-0.15, -0.1) is 0 Å². The van der Waals surface area contributed by atoms with Crippen molar-refractivity contribution in [2.75, 3.05) is 0 Å². The zero-order valence-corrected chi connectivity index (χ0v) is 13.3. The lowest BCUT2D eigenvalue weighted by Gasteiger charge is -2.30. The molecular weight excluding hydrogens is 297 g/mol. The van der Waals surface area contributed by atoms with Crippen LogP contribution in [-0.2, 0) is 4.79 Å².